The second kappa shape index (κ2) is 7.54. The SMILES string of the molecule is COc1cc2c(cc1OC)C(c1cccs1)N(S(=O)(=O)c1cccnc1)CC2. The van der Waals surface area contributed by atoms with Gasteiger partial charge in [-0.1, -0.05) is 6.07 Å². The van der Waals surface area contributed by atoms with E-state index in [1.54, 1.807) is 36.9 Å². The number of fused-ring (bicyclic) bond motifs is 1. The summed E-state index contributed by atoms with van der Waals surface area (Å²) in [4.78, 5) is 5.14. The number of ether oxygens (including phenoxy) is 2. The molecule has 0 spiro atoms. The molecule has 0 saturated heterocycles. The first-order valence-electron chi connectivity index (χ1n) is 8.76. The molecule has 1 atom stereocenters. The summed E-state index contributed by atoms with van der Waals surface area (Å²) in [6.07, 6.45) is 3.56. The Kier molecular flexibility index (Phi) is 5.09. The second-order valence-corrected chi connectivity index (χ2v) is 9.25. The van der Waals surface area contributed by atoms with Crippen LogP contribution in [0.4, 0.5) is 0 Å². The van der Waals surface area contributed by atoms with Crippen molar-refractivity contribution in [2.24, 2.45) is 0 Å². The van der Waals surface area contributed by atoms with Crippen LogP contribution in [0, 0.1) is 0 Å². The molecule has 4 rings (SSSR count). The highest BCUT2D eigenvalue weighted by atomic mass is 32.2. The fourth-order valence-electron chi connectivity index (χ4n) is 3.56. The van der Waals surface area contributed by atoms with Gasteiger partial charge in [0.25, 0.3) is 0 Å². The van der Waals surface area contributed by atoms with Crippen LogP contribution in [0.1, 0.15) is 22.0 Å². The quantitative estimate of drug-likeness (QED) is 0.637. The van der Waals surface area contributed by atoms with E-state index >= 15 is 0 Å². The zero-order valence-electron chi connectivity index (χ0n) is 15.5. The van der Waals surface area contributed by atoms with Crippen molar-refractivity contribution in [3.8, 4) is 11.5 Å². The van der Waals surface area contributed by atoms with Crippen molar-refractivity contribution in [2.75, 3.05) is 20.8 Å². The number of benzene rings is 1. The van der Waals surface area contributed by atoms with Crippen LogP contribution in [-0.4, -0.2) is 38.5 Å². The Hall–Kier alpha value is -2.42. The third-order valence-electron chi connectivity index (χ3n) is 4.88. The highest BCUT2D eigenvalue weighted by Crippen LogP contribution is 2.44. The van der Waals surface area contributed by atoms with Crippen molar-refractivity contribution in [3.05, 3.63) is 70.2 Å². The fraction of sp³-hybridized carbons (Fsp3) is 0.250. The first kappa shape index (κ1) is 18.9. The molecular formula is C20H20N2O4S2. The number of nitrogens with zero attached hydrogens (tertiary/aromatic N) is 2. The van der Waals surface area contributed by atoms with Gasteiger partial charge in [-0.2, -0.15) is 4.31 Å². The molecule has 146 valence electrons. The third kappa shape index (κ3) is 3.17. The maximum Gasteiger partial charge on any atom is 0.245 e. The Morgan fingerprint density at radius 2 is 1.93 bits per heavy atom. The zero-order valence-corrected chi connectivity index (χ0v) is 17.2. The Balaban J connectivity index is 1.89. The van der Waals surface area contributed by atoms with E-state index in [0.29, 0.717) is 24.5 Å². The van der Waals surface area contributed by atoms with Crippen LogP contribution in [0.2, 0.25) is 0 Å². The number of thiophene rings is 1. The molecule has 0 saturated carbocycles. The lowest BCUT2D eigenvalue weighted by atomic mass is 9.92. The maximum absolute atomic E-state index is 13.4. The lowest BCUT2D eigenvalue weighted by Crippen LogP contribution is -2.40. The average Bonchev–Trinajstić information content (AvgIpc) is 3.26. The number of methoxy groups -OCH3 is 2. The minimum absolute atomic E-state index is 0.195. The predicted octanol–water partition coefficient (Wildman–Crippen LogP) is 3.50. The first-order valence-corrected chi connectivity index (χ1v) is 11.1. The molecule has 1 unspecified atom stereocenters. The van der Waals surface area contributed by atoms with Crippen molar-refractivity contribution < 1.29 is 17.9 Å². The summed E-state index contributed by atoms with van der Waals surface area (Å²) in [7, 11) is -0.529. The number of aromatic nitrogens is 1. The van der Waals surface area contributed by atoms with Gasteiger partial charge in [0.15, 0.2) is 11.5 Å². The minimum Gasteiger partial charge on any atom is -0.493 e. The standard InChI is InChI=1S/C20H20N2O4S2/c1-25-17-11-14-7-9-22(28(23,24)15-5-3-8-21-13-15)20(19-6-4-10-27-19)16(14)12-18(17)26-2/h3-6,8,10-13,20H,7,9H2,1-2H3. The topological polar surface area (TPSA) is 68.7 Å². The van der Waals surface area contributed by atoms with Gasteiger partial charge in [0.1, 0.15) is 4.90 Å². The largest absolute Gasteiger partial charge is 0.493 e. The molecule has 28 heavy (non-hydrogen) atoms. The van der Waals surface area contributed by atoms with Gasteiger partial charge in [-0.25, -0.2) is 8.42 Å². The van der Waals surface area contributed by atoms with Gasteiger partial charge in [-0.05, 0) is 53.3 Å². The van der Waals surface area contributed by atoms with E-state index in [1.165, 1.54) is 17.5 Å². The smallest absolute Gasteiger partial charge is 0.245 e. The maximum atomic E-state index is 13.4. The van der Waals surface area contributed by atoms with Gasteiger partial charge in [-0.3, -0.25) is 4.98 Å². The average molecular weight is 417 g/mol. The van der Waals surface area contributed by atoms with Crippen LogP contribution in [0.15, 0.2) is 59.1 Å². The summed E-state index contributed by atoms with van der Waals surface area (Å²) >= 11 is 1.54. The van der Waals surface area contributed by atoms with E-state index < -0.39 is 16.1 Å². The van der Waals surface area contributed by atoms with Gasteiger partial charge in [0, 0.05) is 23.8 Å². The van der Waals surface area contributed by atoms with Gasteiger partial charge in [-0.15, -0.1) is 11.3 Å². The van der Waals surface area contributed by atoms with Gasteiger partial charge in [0.05, 0.1) is 20.3 Å². The summed E-state index contributed by atoms with van der Waals surface area (Å²) < 4.78 is 39.3. The van der Waals surface area contributed by atoms with E-state index in [-0.39, 0.29) is 4.90 Å². The Labute approximate surface area is 168 Å². The van der Waals surface area contributed by atoms with Crippen LogP contribution in [0.3, 0.4) is 0 Å². The van der Waals surface area contributed by atoms with Crippen LogP contribution in [0.25, 0.3) is 0 Å². The van der Waals surface area contributed by atoms with E-state index in [4.69, 9.17) is 9.47 Å². The summed E-state index contributed by atoms with van der Waals surface area (Å²) in [5.74, 6) is 1.23. The molecule has 2 aromatic heterocycles. The van der Waals surface area contributed by atoms with Crippen LogP contribution >= 0.6 is 11.3 Å². The first-order chi connectivity index (χ1) is 13.6. The molecule has 0 N–H and O–H groups in total. The zero-order chi connectivity index (χ0) is 19.7. The third-order valence-corrected chi connectivity index (χ3v) is 7.66. The van der Waals surface area contributed by atoms with E-state index in [1.807, 2.05) is 29.6 Å². The van der Waals surface area contributed by atoms with E-state index in [0.717, 1.165) is 16.0 Å². The van der Waals surface area contributed by atoms with Crippen LogP contribution in [0.5, 0.6) is 11.5 Å². The monoisotopic (exact) mass is 416 g/mol. The highest BCUT2D eigenvalue weighted by molar-refractivity contribution is 7.89. The van der Waals surface area contributed by atoms with Gasteiger partial charge in [0.2, 0.25) is 10.0 Å². The molecule has 1 aliphatic rings. The number of sulfonamides is 1. The van der Waals surface area contributed by atoms with Crippen molar-refractivity contribution in [1.82, 2.24) is 9.29 Å². The molecule has 0 radical (unpaired) electrons. The lowest BCUT2D eigenvalue weighted by molar-refractivity contribution is 0.334. The van der Waals surface area contributed by atoms with E-state index in [2.05, 4.69) is 4.98 Å². The van der Waals surface area contributed by atoms with Gasteiger partial charge >= 0.3 is 0 Å². The Bertz CT molecular complexity index is 1070. The molecule has 6 nitrogen and oxygen atoms in total. The van der Waals surface area contributed by atoms with Crippen LogP contribution in [-0.2, 0) is 16.4 Å². The van der Waals surface area contributed by atoms with Crippen LogP contribution < -0.4 is 9.47 Å². The molecule has 1 aliphatic heterocycles. The van der Waals surface area contributed by atoms with Crippen molar-refractivity contribution >= 4 is 21.4 Å². The molecule has 1 aromatic carbocycles. The van der Waals surface area contributed by atoms with Crippen molar-refractivity contribution in [2.45, 2.75) is 17.4 Å². The van der Waals surface area contributed by atoms with Crippen molar-refractivity contribution in [1.29, 1.82) is 0 Å². The number of hydrogen-bond acceptors (Lipinski definition) is 6. The summed E-state index contributed by atoms with van der Waals surface area (Å²) in [5, 5.41) is 1.96. The van der Waals surface area contributed by atoms with Crippen molar-refractivity contribution in [3.63, 3.8) is 0 Å². The Morgan fingerprint density at radius 1 is 1.14 bits per heavy atom. The lowest BCUT2D eigenvalue weighted by Gasteiger charge is -2.36. The highest BCUT2D eigenvalue weighted by Gasteiger charge is 2.38. The molecule has 3 heterocycles. The molecule has 3 aromatic rings. The van der Waals surface area contributed by atoms with Gasteiger partial charge < -0.3 is 9.47 Å². The second-order valence-electron chi connectivity index (χ2n) is 6.38. The molecule has 0 aliphatic carbocycles. The Morgan fingerprint density at radius 3 is 2.57 bits per heavy atom. The fourth-order valence-corrected chi connectivity index (χ4v) is 6.03. The summed E-state index contributed by atoms with van der Waals surface area (Å²) in [5.41, 5.74) is 1.98. The van der Waals surface area contributed by atoms with E-state index in [9.17, 15) is 8.42 Å². The predicted molar refractivity (Wildman–Crippen MR) is 108 cm³/mol. The molecule has 0 amide bonds. The minimum atomic E-state index is -3.71. The molecular weight excluding hydrogens is 396 g/mol. The number of hydrogen-bond donors (Lipinski definition) is 0. The molecule has 8 heteroatoms. The normalized spacial score (nSPS) is 17.1. The molecule has 0 fully saturated rings. The molecule has 0 bridgehead atoms. The summed E-state index contributed by atoms with van der Waals surface area (Å²) in [6, 6.07) is 10.5. The summed E-state index contributed by atoms with van der Waals surface area (Å²) in [6.45, 7) is 0.377. The number of rotatable bonds is 5. The number of pyridine rings is 1.